The van der Waals surface area contributed by atoms with Gasteiger partial charge in [-0.05, 0) is 31.0 Å². The molecule has 0 saturated heterocycles. The van der Waals surface area contributed by atoms with Crippen LogP contribution in [0.3, 0.4) is 0 Å². The van der Waals surface area contributed by atoms with E-state index in [0.29, 0.717) is 17.9 Å². The molecule has 20 heavy (non-hydrogen) atoms. The molecular formula is C16H20N2O2. The summed E-state index contributed by atoms with van der Waals surface area (Å²) in [7, 11) is 0. The normalized spacial score (nSPS) is 10.5. The molecule has 0 bridgehead atoms. The Labute approximate surface area is 119 Å². The molecule has 1 aromatic carbocycles. The van der Waals surface area contributed by atoms with E-state index >= 15 is 0 Å². The summed E-state index contributed by atoms with van der Waals surface area (Å²) >= 11 is 0. The minimum atomic E-state index is -0.0158. The molecule has 106 valence electrons. The van der Waals surface area contributed by atoms with Crippen LogP contribution in [0, 0.1) is 0 Å². The van der Waals surface area contributed by atoms with Gasteiger partial charge in [-0.15, -0.1) is 0 Å². The minimum Gasteiger partial charge on any atom is -0.494 e. The zero-order chi connectivity index (χ0) is 14.4. The van der Waals surface area contributed by atoms with Crippen LogP contribution in [0.1, 0.15) is 42.7 Å². The fourth-order valence-corrected chi connectivity index (χ4v) is 2.01. The summed E-state index contributed by atoms with van der Waals surface area (Å²) in [5.41, 5.74) is 1.26. The highest BCUT2D eigenvalue weighted by molar-refractivity contribution is 6.08. The molecule has 0 radical (unpaired) electrons. The second-order valence-electron chi connectivity index (χ2n) is 4.65. The van der Waals surface area contributed by atoms with Gasteiger partial charge in [-0.25, -0.2) is 0 Å². The van der Waals surface area contributed by atoms with Crippen molar-refractivity contribution >= 4 is 5.78 Å². The standard InChI is InChI=1S/C16H20N2O2/c1-3-10-18-15(8-9-17-18)16(19)13-6-5-7-14(12-13)20-11-4-2/h5-9,12H,3-4,10-11H2,1-2H3. The molecule has 0 aliphatic rings. The highest BCUT2D eigenvalue weighted by Crippen LogP contribution is 2.17. The SMILES string of the molecule is CCCOc1cccc(C(=O)c2ccnn2CCC)c1. The number of nitrogens with zero attached hydrogens (tertiary/aromatic N) is 2. The molecule has 0 aliphatic carbocycles. The lowest BCUT2D eigenvalue weighted by Crippen LogP contribution is -2.11. The summed E-state index contributed by atoms with van der Waals surface area (Å²) < 4.78 is 7.32. The molecule has 0 saturated carbocycles. The Morgan fingerprint density at radius 3 is 2.85 bits per heavy atom. The Kier molecular flexibility index (Phi) is 4.93. The highest BCUT2D eigenvalue weighted by Gasteiger charge is 2.14. The maximum Gasteiger partial charge on any atom is 0.211 e. The van der Waals surface area contributed by atoms with Gasteiger partial charge in [0, 0.05) is 18.3 Å². The van der Waals surface area contributed by atoms with Crippen LogP contribution in [-0.4, -0.2) is 22.2 Å². The molecule has 1 heterocycles. The number of ketones is 1. The van der Waals surface area contributed by atoms with Crippen LogP contribution in [0.2, 0.25) is 0 Å². The molecule has 4 nitrogen and oxygen atoms in total. The maximum absolute atomic E-state index is 12.5. The molecular weight excluding hydrogens is 252 g/mol. The molecule has 1 aromatic heterocycles. The van der Waals surface area contributed by atoms with E-state index in [9.17, 15) is 4.79 Å². The zero-order valence-electron chi connectivity index (χ0n) is 12.0. The number of ether oxygens (including phenoxy) is 1. The van der Waals surface area contributed by atoms with E-state index in [0.717, 1.165) is 25.1 Å². The molecule has 0 N–H and O–H groups in total. The number of hydrogen-bond donors (Lipinski definition) is 0. The fraction of sp³-hybridized carbons (Fsp3) is 0.375. The van der Waals surface area contributed by atoms with Crippen LogP contribution in [0.15, 0.2) is 36.5 Å². The Morgan fingerprint density at radius 2 is 2.10 bits per heavy atom. The second-order valence-corrected chi connectivity index (χ2v) is 4.65. The van der Waals surface area contributed by atoms with Crippen molar-refractivity contribution in [2.45, 2.75) is 33.2 Å². The smallest absolute Gasteiger partial charge is 0.211 e. The lowest BCUT2D eigenvalue weighted by molar-refractivity contribution is 0.102. The van der Waals surface area contributed by atoms with Crippen molar-refractivity contribution in [3.8, 4) is 5.75 Å². The summed E-state index contributed by atoms with van der Waals surface area (Å²) in [6.45, 7) is 5.53. The first kappa shape index (κ1) is 14.3. The van der Waals surface area contributed by atoms with Crippen molar-refractivity contribution in [2.75, 3.05) is 6.61 Å². The van der Waals surface area contributed by atoms with Crippen LogP contribution >= 0.6 is 0 Å². The van der Waals surface area contributed by atoms with E-state index in [4.69, 9.17) is 4.74 Å². The molecule has 4 heteroatoms. The molecule has 0 atom stereocenters. The van der Waals surface area contributed by atoms with Crippen molar-refractivity contribution in [1.29, 1.82) is 0 Å². The lowest BCUT2D eigenvalue weighted by atomic mass is 10.1. The van der Waals surface area contributed by atoms with E-state index in [1.54, 1.807) is 23.0 Å². The van der Waals surface area contributed by atoms with E-state index < -0.39 is 0 Å². The predicted molar refractivity (Wildman–Crippen MR) is 78.2 cm³/mol. The van der Waals surface area contributed by atoms with Crippen LogP contribution < -0.4 is 4.74 Å². The van der Waals surface area contributed by atoms with Gasteiger partial charge in [0.15, 0.2) is 0 Å². The summed E-state index contributed by atoms with van der Waals surface area (Å²) in [6.07, 6.45) is 3.56. The molecule has 2 aromatic rings. The van der Waals surface area contributed by atoms with Crippen LogP contribution in [0.4, 0.5) is 0 Å². The van der Waals surface area contributed by atoms with Gasteiger partial charge in [-0.3, -0.25) is 9.48 Å². The van der Waals surface area contributed by atoms with Gasteiger partial charge < -0.3 is 4.74 Å². The third kappa shape index (κ3) is 3.26. The van der Waals surface area contributed by atoms with Crippen LogP contribution in [0.5, 0.6) is 5.75 Å². The quantitative estimate of drug-likeness (QED) is 0.726. The monoisotopic (exact) mass is 272 g/mol. The Balaban J connectivity index is 2.22. The van der Waals surface area contributed by atoms with Crippen molar-refractivity contribution in [1.82, 2.24) is 9.78 Å². The molecule has 0 unspecified atom stereocenters. The predicted octanol–water partition coefficient (Wildman–Crippen LogP) is 3.31. The molecule has 2 rings (SSSR count). The summed E-state index contributed by atoms with van der Waals surface area (Å²) in [5.74, 6) is 0.720. The average Bonchev–Trinajstić information content (AvgIpc) is 2.93. The first-order valence-electron chi connectivity index (χ1n) is 7.05. The molecule has 0 spiro atoms. The van der Waals surface area contributed by atoms with Gasteiger partial charge in [0.1, 0.15) is 11.4 Å². The van der Waals surface area contributed by atoms with Crippen molar-refractivity contribution < 1.29 is 9.53 Å². The van der Waals surface area contributed by atoms with Gasteiger partial charge >= 0.3 is 0 Å². The van der Waals surface area contributed by atoms with Crippen LogP contribution in [0.25, 0.3) is 0 Å². The largest absolute Gasteiger partial charge is 0.494 e. The van der Waals surface area contributed by atoms with E-state index in [-0.39, 0.29) is 5.78 Å². The number of carbonyl (C=O) groups excluding carboxylic acids is 1. The lowest BCUT2D eigenvalue weighted by Gasteiger charge is -2.08. The molecule has 0 aliphatic heterocycles. The minimum absolute atomic E-state index is 0.0158. The van der Waals surface area contributed by atoms with Crippen molar-refractivity contribution in [3.05, 3.63) is 47.8 Å². The van der Waals surface area contributed by atoms with E-state index in [2.05, 4.69) is 18.9 Å². The first-order chi connectivity index (χ1) is 9.76. The first-order valence-corrected chi connectivity index (χ1v) is 7.05. The van der Waals surface area contributed by atoms with Gasteiger partial charge in [0.25, 0.3) is 0 Å². The Bertz CT molecular complexity index is 575. The maximum atomic E-state index is 12.5. The average molecular weight is 272 g/mol. The third-order valence-electron chi connectivity index (χ3n) is 2.95. The topological polar surface area (TPSA) is 44.1 Å². The Morgan fingerprint density at radius 1 is 1.25 bits per heavy atom. The van der Waals surface area contributed by atoms with E-state index in [1.807, 2.05) is 18.2 Å². The number of carbonyl (C=O) groups is 1. The summed E-state index contributed by atoms with van der Waals surface area (Å²) in [4.78, 5) is 12.5. The van der Waals surface area contributed by atoms with Crippen molar-refractivity contribution in [2.24, 2.45) is 0 Å². The van der Waals surface area contributed by atoms with E-state index in [1.165, 1.54) is 0 Å². The molecule has 0 amide bonds. The van der Waals surface area contributed by atoms with Gasteiger partial charge in [0.2, 0.25) is 5.78 Å². The third-order valence-corrected chi connectivity index (χ3v) is 2.95. The number of benzene rings is 1. The van der Waals surface area contributed by atoms with Crippen molar-refractivity contribution in [3.63, 3.8) is 0 Å². The highest BCUT2D eigenvalue weighted by atomic mass is 16.5. The molecule has 0 fully saturated rings. The Hall–Kier alpha value is -2.10. The van der Waals surface area contributed by atoms with Gasteiger partial charge in [0.05, 0.1) is 6.61 Å². The summed E-state index contributed by atoms with van der Waals surface area (Å²) in [6, 6.07) is 9.08. The second kappa shape index (κ2) is 6.89. The fourth-order valence-electron chi connectivity index (χ4n) is 2.01. The number of aryl methyl sites for hydroxylation is 1. The number of hydrogen-bond acceptors (Lipinski definition) is 3. The zero-order valence-corrected chi connectivity index (χ0v) is 12.0. The van der Waals surface area contributed by atoms with Gasteiger partial charge in [-0.1, -0.05) is 26.0 Å². The number of rotatable bonds is 7. The number of aromatic nitrogens is 2. The van der Waals surface area contributed by atoms with Gasteiger partial charge in [-0.2, -0.15) is 5.10 Å². The summed E-state index contributed by atoms with van der Waals surface area (Å²) in [5, 5.41) is 4.19. The van der Waals surface area contributed by atoms with Crippen LogP contribution in [-0.2, 0) is 6.54 Å².